The summed E-state index contributed by atoms with van der Waals surface area (Å²) >= 11 is 0. The molecule has 0 fully saturated rings. The molecule has 0 radical (unpaired) electrons. The molecule has 2 heterocycles. The van der Waals surface area contributed by atoms with Gasteiger partial charge in [-0.3, -0.25) is 0 Å². The summed E-state index contributed by atoms with van der Waals surface area (Å²) in [6.45, 7) is 0. The molecule has 4 aromatic rings. The van der Waals surface area contributed by atoms with Crippen LogP contribution < -0.4 is 4.74 Å². The molecule has 0 bridgehead atoms. The van der Waals surface area contributed by atoms with E-state index in [9.17, 15) is 5.11 Å². The Balaban J connectivity index is 1.68. The van der Waals surface area contributed by atoms with E-state index in [1.54, 1.807) is 42.7 Å². The van der Waals surface area contributed by atoms with Gasteiger partial charge in [-0.2, -0.15) is 0 Å². The van der Waals surface area contributed by atoms with Gasteiger partial charge in [-0.1, -0.05) is 18.2 Å². The smallest absolute Gasteiger partial charge is 0.232 e. The third-order valence-corrected chi connectivity index (χ3v) is 3.62. The molecule has 0 saturated carbocycles. The predicted molar refractivity (Wildman–Crippen MR) is 93.4 cm³/mol. The fourth-order valence-electron chi connectivity index (χ4n) is 2.39. The molecule has 25 heavy (non-hydrogen) atoms. The number of aromatic hydroxyl groups is 1. The first-order valence-corrected chi connectivity index (χ1v) is 7.73. The quantitative estimate of drug-likeness (QED) is 0.576. The second kappa shape index (κ2) is 6.49. The SMILES string of the molecule is Oc1ccc(-c2cnc(-c3cccnc3Oc3ccccc3)o2)cc1. The zero-order valence-electron chi connectivity index (χ0n) is 13.2. The molecule has 122 valence electrons. The minimum atomic E-state index is 0.203. The summed E-state index contributed by atoms with van der Waals surface area (Å²) in [6, 6.07) is 19.8. The van der Waals surface area contributed by atoms with E-state index in [2.05, 4.69) is 9.97 Å². The minimum absolute atomic E-state index is 0.203. The van der Waals surface area contributed by atoms with Gasteiger partial charge >= 0.3 is 0 Å². The molecule has 4 rings (SSSR count). The van der Waals surface area contributed by atoms with Crippen LogP contribution in [0.2, 0.25) is 0 Å². The normalized spacial score (nSPS) is 10.6. The number of phenolic OH excluding ortho intramolecular Hbond substituents is 1. The molecule has 1 N–H and O–H groups in total. The van der Waals surface area contributed by atoms with E-state index in [1.165, 1.54) is 0 Å². The van der Waals surface area contributed by atoms with Crippen LogP contribution in [-0.4, -0.2) is 15.1 Å². The number of benzene rings is 2. The lowest BCUT2D eigenvalue weighted by atomic mass is 10.2. The average Bonchev–Trinajstić information content (AvgIpc) is 3.14. The fourth-order valence-corrected chi connectivity index (χ4v) is 2.39. The van der Waals surface area contributed by atoms with Crippen LogP contribution in [-0.2, 0) is 0 Å². The molecule has 0 aliphatic rings. The Morgan fingerprint density at radius 2 is 1.64 bits per heavy atom. The van der Waals surface area contributed by atoms with Crippen LogP contribution in [0.1, 0.15) is 0 Å². The van der Waals surface area contributed by atoms with Crippen LogP contribution in [0.25, 0.3) is 22.8 Å². The predicted octanol–water partition coefficient (Wildman–Crippen LogP) is 4.90. The van der Waals surface area contributed by atoms with Gasteiger partial charge in [0.25, 0.3) is 0 Å². The van der Waals surface area contributed by atoms with Crippen LogP contribution in [0.15, 0.2) is 83.5 Å². The highest BCUT2D eigenvalue weighted by molar-refractivity contribution is 5.64. The molecule has 2 aromatic carbocycles. The summed E-state index contributed by atoms with van der Waals surface area (Å²) in [5.41, 5.74) is 1.49. The van der Waals surface area contributed by atoms with Crippen molar-refractivity contribution in [2.45, 2.75) is 0 Å². The molecule has 0 atom stereocenters. The molecule has 0 unspecified atom stereocenters. The fraction of sp³-hybridized carbons (Fsp3) is 0. The summed E-state index contributed by atoms with van der Waals surface area (Å²) in [7, 11) is 0. The molecule has 5 nitrogen and oxygen atoms in total. The zero-order chi connectivity index (χ0) is 17.1. The van der Waals surface area contributed by atoms with Gasteiger partial charge in [0, 0.05) is 11.8 Å². The van der Waals surface area contributed by atoms with Gasteiger partial charge in [-0.25, -0.2) is 9.97 Å². The number of hydrogen-bond donors (Lipinski definition) is 1. The largest absolute Gasteiger partial charge is 0.508 e. The van der Waals surface area contributed by atoms with Crippen molar-refractivity contribution in [1.82, 2.24) is 9.97 Å². The molecular formula is C20H14N2O3. The number of ether oxygens (including phenoxy) is 1. The summed E-state index contributed by atoms with van der Waals surface area (Å²) in [5.74, 6) is 2.33. The van der Waals surface area contributed by atoms with Crippen LogP contribution in [0.4, 0.5) is 0 Å². The van der Waals surface area contributed by atoms with Gasteiger partial charge in [-0.05, 0) is 48.5 Å². The highest BCUT2D eigenvalue weighted by Gasteiger charge is 2.15. The van der Waals surface area contributed by atoms with Gasteiger partial charge in [0.2, 0.25) is 11.8 Å². The Labute approximate surface area is 144 Å². The first-order valence-electron chi connectivity index (χ1n) is 7.73. The topological polar surface area (TPSA) is 68.4 Å². The number of pyridine rings is 1. The van der Waals surface area contributed by atoms with Crippen molar-refractivity contribution < 1.29 is 14.3 Å². The number of oxazole rings is 1. The van der Waals surface area contributed by atoms with E-state index in [4.69, 9.17) is 9.15 Å². The lowest BCUT2D eigenvalue weighted by Crippen LogP contribution is -1.91. The molecule has 0 saturated heterocycles. The van der Waals surface area contributed by atoms with E-state index in [0.717, 1.165) is 5.56 Å². The first kappa shape index (κ1) is 15.0. The standard InChI is InChI=1S/C20H14N2O3/c23-15-10-8-14(9-11-15)18-13-22-20(25-18)17-7-4-12-21-19(17)24-16-5-2-1-3-6-16/h1-13,23H. The van der Waals surface area contributed by atoms with E-state index in [-0.39, 0.29) is 5.75 Å². The van der Waals surface area contributed by atoms with E-state index >= 15 is 0 Å². The average molecular weight is 330 g/mol. The molecule has 2 aromatic heterocycles. The van der Waals surface area contributed by atoms with Crippen molar-refractivity contribution in [2.24, 2.45) is 0 Å². The number of hydrogen-bond acceptors (Lipinski definition) is 5. The maximum Gasteiger partial charge on any atom is 0.232 e. The third kappa shape index (κ3) is 3.21. The van der Waals surface area contributed by atoms with Gasteiger partial charge < -0.3 is 14.3 Å². The van der Waals surface area contributed by atoms with Gasteiger partial charge in [-0.15, -0.1) is 0 Å². The lowest BCUT2D eigenvalue weighted by molar-refractivity contribution is 0.461. The summed E-state index contributed by atoms with van der Waals surface area (Å²) in [6.07, 6.45) is 3.30. The molecular weight excluding hydrogens is 316 g/mol. The lowest BCUT2D eigenvalue weighted by Gasteiger charge is -2.07. The highest BCUT2D eigenvalue weighted by Crippen LogP contribution is 2.33. The first-order chi connectivity index (χ1) is 12.3. The zero-order valence-corrected chi connectivity index (χ0v) is 13.2. The van der Waals surface area contributed by atoms with Crippen molar-refractivity contribution in [1.29, 1.82) is 0 Å². The molecule has 0 spiro atoms. The second-order valence-corrected chi connectivity index (χ2v) is 5.35. The van der Waals surface area contributed by atoms with Gasteiger partial charge in [0.05, 0.1) is 11.8 Å². The van der Waals surface area contributed by atoms with Crippen LogP contribution >= 0.6 is 0 Å². The maximum atomic E-state index is 9.39. The molecule has 5 heteroatoms. The Morgan fingerprint density at radius 3 is 2.44 bits per heavy atom. The van der Waals surface area contributed by atoms with Crippen molar-refractivity contribution in [3.05, 3.63) is 79.1 Å². The summed E-state index contributed by atoms with van der Waals surface area (Å²) < 4.78 is 11.7. The summed E-state index contributed by atoms with van der Waals surface area (Å²) in [5, 5.41) is 9.39. The maximum absolute atomic E-state index is 9.39. The van der Waals surface area contributed by atoms with Crippen molar-refractivity contribution in [2.75, 3.05) is 0 Å². The van der Waals surface area contributed by atoms with E-state index in [1.807, 2.05) is 36.4 Å². The number of rotatable bonds is 4. The van der Waals surface area contributed by atoms with E-state index < -0.39 is 0 Å². The van der Waals surface area contributed by atoms with Crippen LogP contribution in [0.5, 0.6) is 17.4 Å². The Kier molecular flexibility index (Phi) is 3.88. The van der Waals surface area contributed by atoms with Gasteiger partial charge in [0.15, 0.2) is 5.76 Å². The number of aromatic nitrogens is 2. The summed E-state index contributed by atoms with van der Waals surface area (Å²) in [4.78, 5) is 8.63. The third-order valence-electron chi connectivity index (χ3n) is 3.62. The number of para-hydroxylation sites is 1. The van der Waals surface area contributed by atoms with E-state index in [0.29, 0.717) is 28.8 Å². The molecule has 0 amide bonds. The Morgan fingerprint density at radius 1 is 0.840 bits per heavy atom. The molecule has 0 aliphatic heterocycles. The van der Waals surface area contributed by atoms with Crippen LogP contribution in [0.3, 0.4) is 0 Å². The van der Waals surface area contributed by atoms with Crippen molar-refractivity contribution in [3.8, 4) is 40.2 Å². The van der Waals surface area contributed by atoms with Crippen molar-refractivity contribution in [3.63, 3.8) is 0 Å². The number of phenols is 1. The highest BCUT2D eigenvalue weighted by atomic mass is 16.5. The number of nitrogens with zero attached hydrogens (tertiary/aromatic N) is 2. The second-order valence-electron chi connectivity index (χ2n) is 5.35. The van der Waals surface area contributed by atoms with Crippen LogP contribution in [0, 0.1) is 0 Å². The monoisotopic (exact) mass is 330 g/mol. The van der Waals surface area contributed by atoms with Gasteiger partial charge in [0.1, 0.15) is 11.5 Å². The minimum Gasteiger partial charge on any atom is -0.508 e. The molecule has 0 aliphatic carbocycles. The van der Waals surface area contributed by atoms with Crippen molar-refractivity contribution >= 4 is 0 Å². The Bertz CT molecular complexity index is 979. The Hall–Kier alpha value is -3.60.